The maximum atomic E-state index is 12.1. The van der Waals surface area contributed by atoms with Crippen molar-refractivity contribution in [3.05, 3.63) is 57.4 Å². The van der Waals surface area contributed by atoms with Crippen molar-refractivity contribution >= 4 is 29.6 Å². The number of hydrogen-bond acceptors (Lipinski definition) is 4. The Labute approximate surface area is 163 Å². The molecule has 1 amide bonds. The first kappa shape index (κ1) is 20.3. The second-order valence-corrected chi connectivity index (χ2v) is 6.59. The number of ether oxygens (including phenoxy) is 1. The van der Waals surface area contributed by atoms with E-state index in [1.54, 1.807) is 38.4 Å². The van der Waals surface area contributed by atoms with E-state index in [1.165, 1.54) is 12.0 Å². The first-order chi connectivity index (χ1) is 12.7. The molecule has 0 fully saturated rings. The van der Waals surface area contributed by atoms with E-state index >= 15 is 0 Å². The summed E-state index contributed by atoms with van der Waals surface area (Å²) in [5, 5.41) is 9.58. The van der Waals surface area contributed by atoms with Crippen LogP contribution in [0.15, 0.2) is 29.8 Å². The smallest absolute Gasteiger partial charge is 0.339 e. The van der Waals surface area contributed by atoms with Gasteiger partial charge in [0.2, 0.25) is 0 Å². The molecule has 6 nitrogen and oxygen atoms in total. The number of hydrogen-bond donors (Lipinski definition) is 0. The minimum Gasteiger partial charge on any atom is -0.465 e. The number of methoxy groups -OCH3 is 1. The fourth-order valence-corrected chi connectivity index (χ4v) is 3.04. The van der Waals surface area contributed by atoms with Gasteiger partial charge in [-0.2, -0.15) is 5.26 Å². The highest BCUT2D eigenvalue weighted by molar-refractivity contribution is 6.33. The number of carbonyl (C=O) groups is 2. The Hall–Kier alpha value is -3.04. The molecule has 2 aromatic rings. The number of rotatable bonds is 4. The van der Waals surface area contributed by atoms with Gasteiger partial charge in [0.15, 0.2) is 0 Å². The number of amides is 1. The molecule has 1 aromatic heterocycles. The molecule has 0 aliphatic heterocycles. The van der Waals surface area contributed by atoms with Crippen LogP contribution in [0.3, 0.4) is 0 Å². The van der Waals surface area contributed by atoms with Crippen LogP contribution in [-0.4, -0.2) is 42.5 Å². The highest BCUT2D eigenvalue weighted by Crippen LogP contribution is 2.27. The van der Waals surface area contributed by atoms with Crippen molar-refractivity contribution in [1.29, 1.82) is 5.26 Å². The Balaban J connectivity index is 2.53. The lowest BCUT2D eigenvalue weighted by molar-refractivity contribution is -0.124. The third kappa shape index (κ3) is 4.04. The summed E-state index contributed by atoms with van der Waals surface area (Å²) in [6.45, 7) is 3.79. The number of nitrogens with zero attached hydrogens (tertiary/aromatic N) is 3. The van der Waals surface area contributed by atoms with Crippen LogP contribution in [0.2, 0.25) is 5.02 Å². The van der Waals surface area contributed by atoms with Crippen LogP contribution < -0.4 is 0 Å². The number of nitriles is 1. The Morgan fingerprint density at radius 3 is 2.44 bits per heavy atom. The van der Waals surface area contributed by atoms with Crippen molar-refractivity contribution in [2.75, 3.05) is 21.2 Å². The molecule has 1 aromatic carbocycles. The van der Waals surface area contributed by atoms with Gasteiger partial charge in [0.1, 0.15) is 11.6 Å². The van der Waals surface area contributed by atoms with Crippen molar-refractivity contribution in [2.45, 2.75) is 13.8 Å². The lowest BCUT2D eigenvalue weighted by atomic mass is 10.1. The molecule has 0 radical (unpaired) electrons. The Bertz CT molecular complexity index is 981. The molecule has 0 saturated heterocycles. The van der Waals surface area contributed by atoms with Crippen LogP contribution in [0.5, 0.6) is 0 Å². The molecule has 27 heavy (non-hydrogen) atoms. The molecular formula is C20H20ClN3O3. The van der Waals surface area contributed by atoms with Crippen LogP contribution in [0, 0.1) is 25.2 Å². The molecule has 0 atom stereocenters. The Morgan fingerprint density at radius 1 is 1.26 bits per heavy atom. The SMILES string of the molecule is COC(=O)c1ccc(-n2c(C)cc(/C=C(/C#N)C(=O)N(C)C)c2C)cc1Cl. The highest BCUT2D eigenvalue weighted by Gasteiger charge is 2.16. The normalized spacial score (nSPS) is 11.1. The van der Waals surface area contributed by atoms with Crippen LogP contribution in [0.1, 0.15) is 27.3 Å². The van der Waals surface area contributed by atoms with Gasteiger partial charge < -0.3 is 14.2 Å². The molecule has 1 heterocycles. The fraction of sp³-hybridized carbons (Fsp3) is 0.250. The van der Waals surface area contributed by atoms with Gasteiger partial charge in [-0.15, -0.1) is 0 Å². The Kier molecular flexibility index (Phi) is 6.09. The molecule has 7 heteroatoms. The van der Waals surface area contributed by atoms with E-state index in [1.807, 2.05) is 30.6 Å². The standard InChI is InChI=1S/C20H20ClN3O3/c1-12-8-14(9-15(11-22)19(25)23(3)4)13(2)24(12)16-6-7-17(18(21)10-16)20(26)27-5/h6-10H,1-5H3/b15-9-. The van der Waals surface area contributed by atoms with E-state index < -0.39 is 5.97 Å². The summed E-state index contributed by atoms with van der Waals surface area (Å²) in [5.74, 6) is -0.857. The number of esters is 1. The van der Waals surface area contributed by atoms with Gasteiger partial charge >= 0.3 is 5.97 Å². The van der Waals surface area contributed by atoms with Gasteiger partial charge in [-0.05, 0) is 49.8 Å². The molecule has 140 valence electrons. The average Bonchev–Trinajstić information content (AvgIpc) is 2.91. The van der Waals surface area contributed by atoms with E-state index in [0.29, 0.717) is 0 Å². The molecule has 2 rings (SSSR count). The molecule has 0 spiro atoms. The minimum atomic E-state index is -0.503. The zero-order valence-corrected chi connectivity index (χ0v) is 16.6. The van der Waals surface area contributed by atoms with Gasteiger partial charge in [0.25, 0.3) is 5.91 Å². The highest BCUT2D eigenvalue weighted by atomic mass is 35.5. The largest absolute Gasteiger partial charge is 0.465 e. The second kappa shape index (κ2) is 8.11. The third-order valence-electron chi connectivity index (χ3n) is 4.14. The first-order valence-corrected chi connectivity index (χ1v) is 8.49. The summed E-state index contributed by atoms with van der Waals surface area (Å²) in [6, 6.07) is 8.89. The minimum absolute atomic E-state index is 0.0549. The summed E-state index contributed by atoms with van der Waals surface area (Å²) in [6.07, 6.45) is 1.57. The maximum Gasteiger partial charge on any atom is 0.339 e. The number of carbonyl (C=O) groups excluding carboxylic acids is 2. The van der Waals surface area contributed by atoms with E-state index in [0.717, 1.165) is 22.6 Å². The van der Waals surface area contributed by atoms with Gasteiger partial charge in [-0.3, -0.25) is 4.79 Å². The number of aryl methyl sites for hydroxylation is 1. The first-order valence-electron chi connectivity index (χ1n) is 8.11. The fourth-order valence-electron chi connectivity index (χ4n) is 2.79. The summed E-state index contributed by atoms with van der Waals surface area (Å²) < 4.78 is 6.65. The molecular weight excluding hydrogens is 366 g/mol. The molecule has 0 saturated carbocycles. The van der Waals surface area contributed by atoms with Gasteiger partial charge in [-0.1, -0.05) is 11.6 Å². The van der Waals surface area contributed by atoms with Crippen LogP contribution in [0.25, 0.3) is 11.8 Å². The number of likely N-dealkylation sites (N-methyl/N-ethyl adjacent to an activating group) is 1. The molecule has 0 aliphatic carbocycles. The van der Waals surface area contributed by atoms with Gasteiger partial charge in [0.05, 0.1) is 17.7 Å². The van der Waals surface area contributed by atoms with E-state index in [9.17, 15) is 14.9 Å². The van der Waals surface area contributed by atoms with E-state index in [4.69, 9.17) is 16.3 Å². The van der Waals surface area contributed by atoms with Crippen molar-refractivity contribution < 1.29 is 14.3 Å². The average molecular weight is 386 g/mol. The van der Waals surface area contributed by atoms with Crippen molar-refractivity contribution in [3.63, 3.8) is 0 Å². The van der Waals surface area contributed by atoms with Crippen LogP contribution >= 0.6 is 11.6 Å². The molecule has 0 N–H and O–H groups in total. The molecule has 0 bridgehead atoms. The number of halogens is 1. The van der Waals surface area contributed by atoms with E-state index in [2.05, 4.69) is 0 Å². The summed E-state index contributed by atoms with van der Waals surface area (Å²) in [4.78, 5) is 25.2. The van der Waals surface area contributed by atoms with Crippen molar-refractivity contribution in [1.82, 2.24) is 9.47 Å². The third-order valence-corrected chi connectivity index (χ3v) is 4.46. The predicted molar refractivity (Wildman–Crippen MR) is 104 cm³/mol. The Morgan fingerprint density at radius 2 is 1.93 bits per heavy atom. The monoisotopic (exact) mass is 385 g/mol. The number of benzene rings is 1. The van der Waals surface area contributed by atoms with Crippen LogP contribution in [-0.2, 0) is 9.53 Å². The van der Waals surface area contributed by atoms with Crippen LogP contribution in [0.4, 0.5) is 0 Å². The molecule has 0 unspecified atom stereocenters. The van der Waals surface area contributed by atoms with Gasteiger partial charge in [0, 0.05) is 31.2 Å². The molecule has 0 aliphatic rings. The van der Waals surface area contributed by atoms with E-state index in [-0.39, 0.29) is 22.1 Å². The quantitative estimate of drug-likeness (QED) is 0.458. The van der Waals surface area contributed by atoms with Gasteiger partial charge in [-0.25, -0.2) is 4.79 Å². The van der Waals surface area contributed by atoms with Crippen molar-refractivity contribution in [2.24, 2.45) is 0 Å². The number of aromatic nitrogens is 1. The maximum absolute atomic E-state index is 12.1. The van der Waals surface area contributed by atoms with Crippen molar-refractivity contribution in [3.8, 4) is 11.8 Å². The lowest BCUT2D eigenvalue weighted by Crippen LogP contribution is -2.22. The summed E-state index contributed by atoms with van der Waals surface area (Å²) in [7, 11) is 4.50. The topological polar surface area (TPSA) is 75.3 Å². The zero-order valence-electron chi connectivity index (χ0n) is 15.8. The summed E-state index contributed by atoms with van der Waals surface area (Å²) >= 11 is 6.23. The summed E-state index contributed by atoms with van der Waals surface area (Å²) in [5.41, 5.74) is 3.60. The zero-order chi connectivity index (χ0) is 20.3. The second-order valence-electron chi connectivity index (χ2n) is 6.19. The lowest BCUT2D eigenvalue weighted by Gasteiger charge is -2.12. The predicted octanol–water partition coefficient (Wildman–Crippen LogP) is 3.53.